The van der Waals surface area contributed by atoms with E-state index in [-0.39, 0.29) is 0 Å². The van der Waals surface area contributed by atoms with Crippen LogP contribution in [0.2, 0.25) is 0 Å². The molecule has 0 saturated carbocycles. The summed E-state index contributed by atoms with van der Waals surface area (Å²) in [6.07, 6.45) is -57.1. The molecule has 6 aliphatic rings. The maximum absolute atomic E-state index is 11.5. The number of ether oxygens (including phenoxy) is 11. The molecule has 0 aromatic rings. The van der Waals surface area contributed by atoms with Crippen molar-refractivity contribution in [3.05, 3.63) is 0 Å². The Morgan fingerprint density at radius 1 is 0.254 bits per heavy atom. The Kier molecular flexibility index (Phi) is 19.4. The summed E-state index contributed by atoms with van der Waals surface area (Å²) in [5.41, 5.74) is 0. The Morgan fingerprint density at radius 3 is 0.896 bits per heavy atom. The monoisotopic (exact) mass is 990 g/mol. The minimum Gasteiger partial charge on any atom is -0.394 e. The van der Waals surface area contributed by atoms with Gasteiger partial charge in [-0.2, -0.15) is 0 Å². The smallest absolute Gasteiger partial charge is 0.187 e. The standard InChI is InChI=1S/C36H62O31/c37-1-7-13(40)20(47)26(53)32(61-7)57-5-11-17(44)23(50)30(67-34-28(55)22(49)15(42)9(3-39)63-34)36(64-11)59-6-12-18(45)24(51)29(66-33-27(54)21(48)14(41)8(2-38)62-33)35(65-12)58-4-10-16(43)19(46)25(52)31(56)60-10/h7-56H,1-6H2/t7-,8-,9-,10-,11-,12-,13-,14-,15-,16-,17-,18-,19+,20+,21+,22+,23+,24+,25+,26+,27+,28+,29+,30+,31+,32+,33-,34-,35+,36+/m1/s1. The zero-order valence-corrected chi connectivity index (χ0v) is 35.0. The molecule has 392 valence electrons. The van der Waals surface area contributed by atoms with Crippen LogP contribution in [0, 0.1) is 0 Å². The van der Waals surface area contributed by atoms with Crippen molar-refractivity contribution in [1.82, 2.24) is 0 Å². The lowest BCUT2D eigenvalue weighted by Gasteiger charge is -2.48. The van der Waals surface area contributed by atoms with Gasteiger partial charge >= 0.3 is 0 Å². The van der Waals surface area contributed by atoms with Crippen LogP contribution >= 0.6 is 0 Å². The average molecular weight is 991 g/mol. The van der Waals surface area contributed by atoms with Crippen molar-refractivity contribution in [2.75, 3.05) is 39.6 Å². The highest BCUT2D eigenvalue weighted by Crippen LogP contribution is 2.34. The van der Waals surface area contributed by atoms with Crippen LogP contribution in [0.5, 0.6) is 0 Å². The van der Waals surface area contributed by atoms with E-state index in [0.29, 0.717) is 0 Å². The molecular formula is C36H62O31. The second kappa shape index (κ2) is 23.5. The number of aliphatic hydroxyl groups is 20. The van der Waals surface area contributed by atoms with Gasteiger partial charge in [0, 0.05) is 0 Å². The van der Waals surface area contributed by atoms with Gasteiger partial charge in [-0.3, -0.25) is 0 Å². The van der Waals surface area contributed by atoms with Crippen molar-refractivity contribution in [1.29, 1.82) is 0 Å². The molecule has 67 heavy (non-hydrogen) atoms. The van der Waals surface area contributed by atoms with Gasteiger partial charge in [-0.05, 0) is 0 Å². The van der Waals surface area contributed by atoms with Gasteiger partial charge in [0.1, 0.15) is 146 Å². The van der Waals surface area contributed by atoms with E-state index in [9.17, 15) is 102 Å². The van der Waals surface area contributed by atoms with E-state index in [1.165, 1.54) is 0 Å². The summed E-state index contributed by atoms with van der Waals surface area (Å²) in [6, 6.07) is 0. The molecule has 6 fully saturated rings. The van der Waals surface area contributed by atoms with E-state index in [1.807, 2.05) is 0 Å². The van der Waals surface area contributed by atoms with E-state index in [2.05, 4.69) is 0 Å². The molecule has 0 spiro atoms. The van der Waals surface area contributed by atoms with Gasteiger partial charge in [0.25, 0.3) is 0 Å². The maximum atomic E-state index is 11.5. The molecule has 6 aliphatic heterocycles. The Bertz CT molecular complexity index is 1500. The summed E-state index contributed by atoms with van der Waals surface area (Å²) in [6.45, 7) is -5.26. The molecule has 0 amide bonds. The first-order valence-corrected chi connectivity index (χ1v) is 21.1. The molecule has 6 saturated heterocycles. The number of hydrogen-bond acceptors (Lipinski definition) is 31. The van der Waals surface area contributed by atoms with Crippen LogP contribution in [0.3, 0.4) is 0 Å². The fourth-order valence-corrected chi connectivity index (χ4v) is 8.16. The minimum absolute atomic E-state index is 0.822. The molecule has 30 atom stereocenters. The van der Waals surface area contributed by atoms with E-state index < -0.39 is 224 Å². The fraction of sp³-hybridized carbons (Fsp3) is 1.00. The SMILES string of the molecule is OC[C@H]1O[C@H](OC[C@H]2O[C@H](OC[C@H]3O[C@H](OC[C@H]4O[C@H](O)[C@@H](O)[C@@H](O)[C@@H]4O)[C@@H](O[C@H]4O[C@H](CO)[C@@H](O)[C@H](O)[C@@H]4O)[C@@H](O)[C@@H]3O)[C@@H](O[C@H]3O[C@H](CO)[C@@H](O)[C@H](O)[C@@H]3O)[C@@H](O)[C@@H]2O)[C@@H](O)[C@@H](O)[C@@H]1O. The summed E-state index contributed by atoms with van der Waals surface area (Å²) < 4.78 is 61.3. The molecule has 6 heterocycles. The third kappa shape index (κ3) is 11.7. The molecular weight excluding hydrogens is 928 g/mol. The first-order valence-electron chi connectivity index (χ1n) is 21.1. The molecule has 0 aliphatic carbocycles. The highest BCUT2D eigenvalue weighted by Gasteiger charge is 2.55. The van der Waals surface area contributed by atoms with Gasteiger partial charge in [0.15, 0.2) is 37.7 Å². The highest BCUT2D eigenvalue weighted by molar-refractivity contribution is 4.98. The Balaban J connectivity index is 1.23. The average Bonchev–Trinajstić information content (AvgIpc) is 3.31. The van der Waals surface area contributed by atoms with Crippen LogP contribution in [0.4, 0.5) is 0 Å². The predicted octanol–water partition coefficient (Wildman–Crippen LogP) is -14.1. The van der Waals surface area contributed by atoms with Crippen molar-refractivity contribution < 1.29 is 154 Å². The van der Waals surface area contributed by atoms with Crippen LogP contribution in [-0.2, 0) is 52.1 Å². The number of hydrogen-bond donors (Lipinski definition) is 20. The molecule has 0 radical (unpaired) electrons. The molecule has 31 heteroatoms. The topological polar surface area (TPSA) is 506 Å². The van der Waals surface area contributed by atoms with E-state index >= 15 is 0 Å². The Labute approximate surface area is 378 Å². The lowest BCUT2D eigenvalue weighted by molar-refractivity contribution is -0.386. The molecule has 6 rings (SSSR count). The fourth-order valence-electron chi connectivity index (χ4n) is 8.16. The van der Waals surface area contributed by atoms with Crippen molar-refractivity contribution in [3.63, 3.8) is 0 Å². The second-order valence-corrected chi connectivity index (χ2v) is 16.9. The Morgan fingerprint density at radius 2 is 0.522 bits per heavy atom. The lowest BCUT2D eigenvalue weighted by Crippen LogP contribution is -2.66. The third-order valence-electron chi connectivity index (χ3n) is 12.4. The van der Waals surface area contributed by atoms with Gasteiger partial charge < -0.3 is 154 Å². The van der Waals surface area contributed by atoms with Crippen molar-refractivity contribution in [2.24, 2.45) is 0 Å². The predicted molar refractivity (Wildman–Crippen MR) is 199 cm³/mol. The minimum atomic E-state index is -2.17. The molecule has 0 aromatic carbocycles. The van der Waals surface area contributed by atoms with Gasteiger partial charge in [-0.15, -0.1) is 0 Å². The van der Waals surface area contributed by atoms with Gasteiger partial charge in [-0.25, -0.2) is 0 Å². The largest absolute Gasteiger partial charge is 0.394 e. The first-order chi connectivity index (χ1) is 31.6. The molecule has 0 unspecified atom stereocenters. The van der Waals surface area contributed by atoms with Crippen molar-refractivity contribution in [2.45, 2.75) is 184 Å². The maximum Gasteiger partial charge on any atom is 0.187 e. The third-order valence-corrected chi connectivity index (χ3v) is 12.4. The molecule has 31 nitrogen and oxygen atoms in total. The quantitative estimate of drug-likeness (QED) is 0.0683. The summed E-state index contributed by atoms with van der Waals surface area (Å²) >= 11 is 0. The van der Waals surface area contributed by atoms with Crippen LogP contribution in [-0.4, -0.2) is 326 Å². The lowest BCUT2D eigenvalue weighted by atomic mass is 9.96. The normalized spacial score (nSPS) is 53.4. The zero-order chi connectivity index (χ0) is 49.3. The number of aliphatic hydroxyl groups excluding tert-OH is 20. The molecule has 0 aromatic heterocycles. The zero-order valence-electron chi connectivity index (χ0n) is 35.0. The summed E-state index contributed by atoms with van der Waals surface area (Å²) in [7, 11) is 0. The van der Waals surface area contributed by atoms with Crippen LogP contribution in [0.15, 0.2) is 0 Å². The molecule has 0 bridgehead atoms. The van der Waals surface area contributed by atoms with Gasteiger partial charge in [0.2, 0.25) is 0 Å². The van der Waals surface area contributed by atoms with Crippen molar-refractivity contribution in [3.8, 4) is 0 Å². The second-order valence-electron chi connectivity index (χ2n) is 16.9. The first kappa shape index (κ1) is 55.1. The van der Waals surface area contributed by atoms with Crippen LogP contribution in [0.25, 0.3) is 0 Å². The van der Waals surface area contributed by atoms with Gasteiger partial charge in [-0.1, -0.05) is 0 Å². The Hall–Kier alpha value is -1.24. The van der Waals surface area contributed by atoms with Gasteiger partial charge in [0.05, 0.1) is 39.6 Å². The summed E-state index contributed by atoms with van der Waals surface area (Å²) in [5, 5.41) is 208. The van der Waals surface area contributed by atoms with Crippen molar-refractivity contribution >= 4 is 0 Å². The number of rotatable bonds is 16. The highest BCUT2D eigenvalue weighted by atomic mass is 16.8. The van der Waals surface area contributed by atoms with E-state index in [1.54, 1.807) is 0 Å². The van der Waals surface area contributed by atoms with E-state index in [0.717, 1.165) is 0 Å². The van der Waals surface area contributed by atoms with Crippen LogP contribution < -0.4 is 0 Å². The van der Waals surface area contributed by atoms with E-state index in [4.69, 9.17) is 52.1 Å². The summed E-state index contributed by atoms with van der Waals surface area (Å²) in [5.74, 6) is 0. The summed E-state index contributed by atoms with van der Waals surface area (Å²) in [4.78, 5) is 0. The molecule has 20 N–H and O–H groups in total. The van der Waals surface area contributed by atoms with Crippen LogP contribution in [0.1, 0.15) is 0 Å².